The van der Waals surface area contributed by atoms with Crippen LogP contribution in [0.15, 0.2) is 42.5 Å². The summed E-state index contributed by atoms with van der Waals surface area (Å²) in [6.45, 7) is 9.74. The second-order valence-corrected chi connectivity index (χ2v) is 7.72. The molecule has 0 saturated carbocycles. The van der Waals surface area contributed by atoms with Gasteiger partial charge in [-0.05, 0) is 43.5 Å². The summed E-state index contributed by atoms with van der Waals surface area (Å²) < 4.78 is 11.2. The molecule has 2 aromatic rings. The highest BCUT2D eigenvalue weighted by Crippen LogP contribution is 2.25. The average Bonchev–Trinajstić information content (AvgIpc) is 2.72. The van der Waals surface area contributed by atoms with E-state index in [9.17, 15) is 5.11 Å². The number of benzene rings is 2. The van der Waals surface area contributed by atoms with E-state index in [1.165, 1.54) is 16.7 Å². The van der Waals surface area contributed by atoms with Gasteiger partial charge in [0, 0.05) is 50.9 Å². The van der Waals surface area contributed by atoms with Crippen molar-refractivity contribution in [3.63, 3.8) is 0 Å². The monoisotopic (exact) mass is 398 g/mol. The quantitative estimate of drug-likeness (QED) is 0.701. The first-order valence-corrected chi connectivity index (χ1v) is 10.6. The van der Waals surface area contributed by atoms with Crippen molar-refractivity contribution in [2.75, 3.05) is 40.0 Å². The van der Waals surface area contributed by atoms with E-state index in [4.69, 9.17) is 9.47 Å². The maximum absolute atomic E-state index is 9.63. The van der Waals surface area contributed by atoms with Gasteiger partial charge in [-0.1, -0.05) is 30.3 Å². The summed E-state index contributed by atoms with van der Waals surface area (Å²) in [4.78, 5) is 4.98. The lowest BCUT2D eigenvalue weighted by atomic mass is 10.0. The van der Waals surface area contributed by atoms with Gasteiger partial charge in [-0.25, -0.2) is 0 Å². The molecule has 1 heterocycles. The molecule has 2 aromatic carbocycles. The number of aliphatic hydroxyl groups is 1. The molecule has 1 aliphatic heterocycles. The van der Waals surface area contributed by atoms with Crippen LogP contribution in [-0.4, -0.2) is 60.9 Å². The van der Waals surface area contributed by atoms with Crippen molar-refractivity contribution in [2.45, 2.75) is 39.4 Å². The predicted molar refractivity (Wildman–Crippen MR) is 117 cm³/mol. The SMILES string of the molecule is CCOc1ccccc1CN1CCN(Cc2ccc(OC)c(C)c2)C[C@@H]1CCO. The zero-order valence-corrected chi connectivity index (χ0v) is 17.9. The van der Waals surface area contributed by atoms with Crippen LogP contribution in [0.3, 0.4) is 0 Å². The molecular formula is C24H34N2O3. The lowest BCUT2D eigenvalue weighted by Crippen LogP contribution is -2.52. The predicted octanol–water partition coefficient (Wildman–Crippen LogP) is 3.47. The smallest absolute Gasteiger partial charge is 0.123 e. The normalized spacial score (nSPS) is 18.0. The number of hydrogen-bond donors (Lipinski definition) is 1. The van der Waals surface area contributed by atoms with Crippen LogP contribution in [0, 0.1) is 6.92 Å². The standard InChI is InChI=1S/C24H34N2O3/c1-4-29-24-8-6-5-7-21(24)17-26-13-12-25(18-22(26)11-14-27)16-20-9-10-23(28-3)19(2)15-20/h5-10,15,22,27H,4,11-14,16-18H2,1-3H3/t22-/m0/s1. The van der Waals surface area contributed by atoms with Crippen LogP contribution in [0.25, 0.3) is 0 Å². The van der Waals surface area contributed by atoms with E-state index in [1.807, 2.05) is 19.1 Å². The molecule has 29 heavy (non-hydrogen) atoms. The summed E-state index contributed by atoms with van der Waals surface area (Å²) in [5.41, 5.74) is 3.70. The van der Waals surface area contributed by atoms with Gasteiger partial charge < -0.3 is 14.6 Å². The molecule has 158 valence electrons. The van der Waals surface area contributed by atoms with Gasteiger partial charge in [0.15, 0.2) is 0 Å². The minimum Gasteiger partial charge on any atom is -0.496 e. The first-order valence-electron chi connectivity index (χ1n) is 10.6. The molecule has 0 aromatic heterocycles. The summed E-state index contributed by atoms with van der Waals surface area (Å²) in [6, 6.07) is 15.0. The van der Waals surface area contributed by atoms with E-state index in [1.54, 1.807) is 7.11 Å². The molecule has 1 aliphatic rings. The summed E-state index contributed by atoms with van der Waals surface area (Å²) in [5.74, 6) is 1.90. The maximum Gasteiger partial charge on any atom is 0.123 e. The number of rotatable bonds is 9. The minimum atomic E-state index is 0.212. The molecule has 3 rings (SSSR count). The van der Waals surface area contributed by atoms with Crippen molar-refractivity contribution in [2.24, 2.45) is 0 Å². The lowest BCUT2D eigenvalue weighted by Gasteiger charge is -2.41. The molecule has 5 nitrogen and oxygen atoms in total. The van der Waals surface area contributed by atoms with E-state index >= 15 is 0 Å². The van der Waals surface area contributed by atoms with Crippen molar-refractivity contribution < 1.29 is 14.6 Å². The fraction of sp³-hybridized carbons (Fsp3) is 0.500. The minimum absolute atomic E-state index is 0.212. The largest absolute Gasteiger partial charge is 0.496 e. The maximum atomic E-state index is 9.63. The number of hydrogen-bond acceptors (Lipinski definition) is 5. The van der Waals surface area contributed by atoms with Crippen LogP contribution in [0.5, 0.6) is 11.5 Å². The Bertz CT molecular complexity index is 780. The summed E-state index contributed by atoms with van der Waals surface area (Å²) >= 11 is 0. The summed E-state index contributed by atoms with van der Waals surface area (Å²) in [7, 11) is 1.71. The molecule has 0 aliphatic carbocycles. The van der Waals surface area contributed by atoms with Crippen molar-refractivity contribution in [3.05, 3.63) is 59.2 Å². The van der Waals surface area contributed by atoms with Gasteiger partial charge in [-0.2, -0.15) is 0 Å². The van der Waals surface area contributed by atoms with Gasteiger partial charge in [0.05, 0.1) is 13.7 Å². The number of nitrogens with zero attached hydrogens (tertiary/aromatic N) is 2. The molecule has 0 amide bonds. The zero-order valence-electron chi connectivity index (χ0n) is 17.9. The number of aliphatic hydroxyl groups excluding tert-OH is 1. The molecule has 0 radical (unpaired) electrons. The highest BCUT2D eigenvalue weighted by Gasteiger charge is 2.27. The third kappa shape index (κ3) is 5.72. The molecule has 5 heteroatoms. The Hall–Kier alpha value is -2.08. The Kier molecular flexibility index (Phi) is 7.92. The van der Waals surface area contributed by atoms with Crippen LogP contribution in [0.4, 0.5) is 0 Å². The first kappa shape index (κ1) is 21.6. The van der Waals surface area contributed by atoms with Gasteiger partial charge >= 0.3 is 0 Å². The van der Waals surface area contributed by atoms with Crippen molar-refractivity contribution in [1.82, 2.24) is 9.80 Å². The number of para-hydroxylation sites is 1. The van der Waals surface area contributed by atoms with Crippen molar-refractivity contribution in [3.8, 4) is 11.5 Å². The van der Waals surface area contributed by atoms with Crippen molar-refractivity contribution >= 4 is 0 Å². The van der Waals surface area contributed by atoms with E-state index in [0.29, 0.717) is 12.6 Å². The van der Waals surface area contributed by atoms with Crippen LogP contribution in [-0.2, 0) is 13.1 Å². The Labute approximate surface area is 174 Å². The van der Waals surface area contributed by atoms with Gasteiger partial charge in [-0.3, -0.25) is 9.80 Å². The molecule has 1 atom stereocenters. The van der Waals surface area contributed by atoms with E-state index in [0.717, 1.165) is 50.6 Å². The highest BCUT2D eigenvalue weighted by atomic mass is 16.5. The summed E-state index contributed by atoms with van der Waals surface area (Å²) in [5, 5.41) is 9.63. The zero-order chi connectivity index (χ0) is 20.6. The topological polar surface area (TPSA) is 45.2 Å². The van der Waals surface area contributed by atoms with E-state index in [2.05, 4.69) is 47.1 Å². The Morgan fingerprint density at radius 2 is 1.90 bits per heavy atom. The number of piperazine rings is 1. The van der Waals surface area contributed by atoms with Crippen LogP contribution in [0.2, 0.25) is 0 Å². The van der Waals surface area contributed by atoms with Gasteiger partial charge in [0.2, 0.25) is 0 Å². The Balaban J connectivity index is 1.66. The summed E-state index contributed by atoms with van der Waals surface area (Å²) in [6.07, 6.45) is 0.787. The van der Waals surface area contributed by atoms with Gasteiger partial charge in [-0.15, -0.1) is 0 Å². The molecular weight excluding hydrogens is 364 g/mol. The van der Waals surface area contributed by atoms with Crippen molar-refractivity contribution in [1.29, 1.82) is 0 Å². The number of aryl methyl sites for hydroxylation is 1. The number of ether oxygens (including phenoxy) is 2. The second kappa shape index (κ2) is 10.6. The first-order chi connectivity index (χ1) is 14.1. The number of methoxy groups -OCH3 is 1. The fourth-order valence-corrected chi connectivity index (χ4v) is 4.18. The molecule has 1 N–H and O–H groups in total. The Morgan fingerprint density at radius 3 is 2.62 bits per heavy atom. The molecule has 1 fully saturated rings. The molecule has 0 bridgehead atoms. The van der Waals surface area contributed by atoms with E-state index in [-0.39, 0.29) is 6.61 Å². The third-order valence-electron chi connectivity index (χ3n) is 5.66. The molecule has 0 spiro atoms. The van der Waals surface area contributed by atoms with Crippen LogP contribution in [0.1, 0.15) is 30.0 Å². The van der Waals surface area contributed by atoms with E-state index < -0.39 is 0 Å². The van der Waals surface area contributed by atoms with Crippen LogP contribution >= 0.6 is 0 Å². The van der Waals surface area contributed by atoms with Gasteiger partial charge in [0.25, 0.3) is 0 Å². The molecule has 0 unspecified atom stereocenters. The fourth-order valence-electron chi connectivity index (χ4n) is 4.18. The highest BCUT2D eigenvalue weighted by molar-refractivity contribution is 5.36. The third-order valence-corrected chi connectivity index (χ3v) is 5.66. The molecule has 1 saturated heterocycles. The lowest BCUT2D eigenvalue weighted by molar-refractivity contribution is 0.0494. The Morgan fingerprint density at radius 1 is 1.07 bits per heavy atom. The second-order valence-electron chi connectivity index (χ2n) is 7.72. The van der Waals surface area contributed by atoms with Gasteiger partial charge in [0.1, 0.15) is 11.5 Å². The average molecular weight is 399 g/mol. The van der Waals surface area contributed by atoms with Crippen LogP contribution < -0.4 is 9.47 Å².